The predicted octanol–water partition coefficient (Wildman–Crippen LogP) is 2.05. The number of hydrogen-bond donors (Lipinski definition) is 1. The van der Waals surface area contributed by atoms with Gasteiger partial charge in [-0.25, -0.2) is 0 Å². The molecule has 1 aliphatic carbocycles. The van der Waals surface area contributed by atoms with Crippen molar-refractivity contribution in [2.75, 3.05) is 26.7 Å². The molecule has 0 amide bonds. The molecule has 1 N–H and O–H groups in total. The summed E-state index contributed by atoms with van der Waals surface area (Å²) in [5, 5.41) is 3.43. The lowest BCUT2D eigenvalue weighted by Gasteiger charge is -2.26. The lowest BCUT2D eigenvalue weighted by Crippen LogP contribution is -2.38. The van der Waals surface area contributed by atoms with Crippen LogP contribution in [0.15, 0.2) is 25.3 Å². The molecule has 1 aliphatic rings. The summed E-state index contributed by atoms with van der Waals surface area (Å²) < 4.78 is 0. The maximum absolute atomic E-state index is 3.80. The minimum Gasteiger partial charge on any atom is -0.317 e. The smallest absolute Gasteiger partial charge is 0.0164 e. The fourth-order valence-electron chi connectivity index (χ4n) is 2.56. The van der Waals surface area contributed by atoms with Gasteiger partial charge in [0.2, 0.25) is 0 Å². The van der Waals surface area contributed by atoms with Crippen molar-refractivity contribution in [1.82, 2.24) is 10.2 Å². The van der Waals surface area contributed by atoms with E-state index in [2.05, 4.69) is 30.4 Å². The van der Waals surface area contributed by atoms with Crippen molar-refractivity contribution in [2.24, 2.45) is 5.92 Å². The molecule has 2 atom stereocenters. The van der Waals surface area contributed by atoms with E-state index < -0.39 is 0 Å². The lowest BCUT2D eigenvalue weighted by atomic mass is 10.0. The Morgan fingerprint density at radius 3 is 2.47 bits per heavy atom. The monoisotopic (exact) mass is 208 g/mol. The van der Waals surface area contributed by atoms with E-state index in [-0.39, 0.29) is 0 Å². The van der Waals surface area contributed by atoms with E-state index >= 15 is 0 Å². The van der Waals surface area contributed by atoms with E-state index in [0.717, 1.165) is 19.0 Å². The summed E-state index contributed by atoms with van der Waals surface area (Å²) in [6.45, 7) is 10.7. The molecule has 0 aromatic rings. The van der Waals surface area contributed by atoms with Crippen molar-refractivity contribution in [3.05, 3.63) is 25.3 Å². The Kier molecular flexibility index (Phi) is 5.66. The maximum Gasteiger partial charge on any atom is 0.0164 e. The third-order valence-electron chi connectivity index (χ3n) is 3.30. The van der Waals surface area contributed by atoms with Gasteiger partial charge in [0.1, 0.15) is 0 Å². The molecule has 0 radical (unpaired) electrons. The Bertz CT molecular complexity index is 191. The number of nitrogens with one attached hydrogen (secondary N) is 1. The molecule has 2 heteroatoms. The van der Waals surface area contributed by atoms with Crippen molar-refractivity contribution in [3.8, 4) is 0 Å². The Balaban J connectivity index is 2.41. The molecule has 2 nitrogen and oxygen atoms in total. The van der Waals surface area contributed by atoms with Crippen LogP contribution in [0.5, 0.6) is 0 Å². The van der Waals surface area contributed by atoms with E-state index in [4.69, 9.17) is 0 Å². The van der Waals surface area contributed by atoms with Crippen LogP contribution >= 0.6 is 0 Å². The fraction of sp³-hybridized carbons (Fsp3) is 0.692. The summed E-state index contributed by atoms with van der Waals surface area (Å²) in [6.07, 6.45) is 8.01. The average Bonchev–Trinajstić information content (AvgIpc) is 2.66. The third-order valence-corrected chi connectivity index (χ3v) is 3.30. The summed E-state index contributed by atoms with van der Waals surface area (Å²) in [7, 11) is 2.08. The Hall–Kier alpha value is -0.600. The van der Waals surface area contributed by atoms with Crippen molar-refractivity contribution in [2.45, 2.75) is 25.3 Å². The molecule has 86 valence electrons. The van der Waals surface area contributed by atoms with Crippen LogP contribution in [0.2, 0.25) is 0 Å². The molecule has 15 heavy (non-hydrogen) atoms. The molecule has 2 unspecified atom stereocenters. The van der Waals surface area contributed by atoms with Crippen molar-refractivity contribution < 1.29 is 0 Å². The molecule has 0 bridgehead atoms. The SMILES string of the molecule is C=CCN(CC=C)CC1CCCC1NC. The average molecular weight is 208 g/mol. The summed E-state index contributed by atoms with van der Waals surface area (Å²) in [6, 6.07) is 0.710. The van der Waals surface area contributed by atoms with Gasteiger partial charge in [-0.05, 0) is 25.8 Å². The van der Waals surface area contributed by atoms with Crippen LogP contribution in [-0.2, 0) is 0 Å². The Morgan fingerprint density at radius 1 is 1.27 bits per heavy atom. The van der Waals surface area contributed by atoms with Crippen molar-refractivity contribution >= 4 is 0 Å². The van der Waals surface area contributed by atoms with Gasteiger partial charge in [-0.1, -0.05) is 18.6 Å². The second kappa shape index (κ2) is 6.81. The van der Waals surface area contributed by atoms with Crippen molar-refractivity contribution in [1.29, 1.82) is 0 Å². The van der Waals surface area contributed by atoms with E-state index in [9.17, 15) is 0 Å². The normalized spacial score (nSPS) is 25.7. The quantitative estimate of drug-likeness (QED) is 0.644. The zero-order valence-electron chi connectivity index (χ0n) is 9.91. The molecule has 0 spiro atoms. The topological polar surface area (TPSA) is 15.3 Å². The molecule has 0 aliphatic heterocycles. The largest absolute Gasteiger partial charge is 0.317 e. The van der Waals surface area contributed by atoms with Crippen LogP contribution < -0.4 is 5.32 Å². The molecule has 0 saturated heterocycles. The first-order valence-corrected chi connectivity index (χ1v) is 5.93. The Morgan fingerprint density at radius 2 is 1.93 bits per heavy atom. The molecule has 0 heterocycles. The summed E-state index contributed by atoms with van der Waals surface area (Å²) in [4.78, 5) is 2.42. The lowest BCUT2D eigenvalue weighted by molar-refractivity contribution is 0.254. The van der Waals surface area contributed by atoms with Gasteiger partial charge in [-0.15, -0.1) is 13.2 Å². The van der Waals surface area contributed by atoms with E-state index in [1.54, 1.807) is 0 Å². The highest BCUT2D eigenvalue weighted by Gasteiger charge is 2.26. The van der Waals surface area contributed by atoms with E-state index in [1.807, 2.05) is 12.2 Å². The van der Waals surface area contributed by atoms with Gasteiger partial charge in [0.15, 0.2) is 0 Å². The van der Waals surface area contributed by atoms with Crippen molar-refractivity contribution in [3.63, 3.8) is 0 Å². The predicted molar refractivity (Wildman–Crippen MR) is 67.0 cm³/mol. The van der Waals surface area contributed by atoms with Crippen LogP contribution in [0.25, 0.3) is 0 Å². The van der Waals surface area contributed by atoms with Gasteiger partial charge in [-0.2, -0.15) is 0 Å². The highest BCUT2D eigenvalue weighted by molar-refractivity contribution is 4.87. The summed E-state index contributed by atoms with van der Waals surface area (Å²) in [5.74, 6) is 0.801. The van der Waals surface area contributed by atoms with Gasteiger partial charge >= 0.3 is 0 Å². The highest BCUT2D eigenvalue weighted by Crippen LogP contribution is 2.26. The minimum absolute atomic E-state index is 0.710. The fourth-order valence-corrected chi connectivity index (χ4v) is 2.56. The molecule has 1 saturated carbocycles. The van der Waals surface area contributed by atoms with E-state index in [1.165, 1.54) is 25.8 Å². The molecule has 1 fully saturated rings. The van der Waals surface area contributed by atoms with Crippen LogP contribution in [0.4, 0.5) is 0 Å². The second-order valence-corrected chi connectivity index (χ2v) is 4.38. The zero-order chi connectivity index (χ0) is 11.1. The molecular formula is C13H24N2. The first kappa shape index (κ1) is 12.5. The van der Waals surface area contributed by atoms with E-state index in [0.29, 0.717) is 6.04 Å². The van der Waals surface area contributed by atoms with Crippen LogP contribution in [0.3, 0.4) is 0 Å². The Labute approximate surface area is 94.0 Å². The van der Waals surface area contributed by atoms with Gasteiger partial charge in [0.05, 0.1) is 0 Å². The van der Waals surface area contributed by atoms with Gasteiger partial charge < -0.3 is 5.32 Å². The molecule has 0 aromatic carbocycles. The molecular weight excluding hydrogens is 184 g/mol. The molecule has 0 aromatic heterocycles. The van der Waals surface area contributed by atoms with Crippen LogP contribution in [0, 0.1) is 5.92 Å². The summed E-state index contributed by atoms with van der Waals surface area (Å²) >= 11 is 0. The standard InChI is InChI=1S/C13H24N2/c1-4-9-15(10-5-2)11-12-7-6-8-13(12)14-3/h4-5,12-14H,1-2,6-11H2,3H3. The highest BCUT2D eigenvalue weighted by atomic mass is 15.1. The third kappa shape index (κ3) is 3.80. The van der Waals surface area contributed by atoms with Crippen LogP contribution in [0.1, 0.15) is 19.3 Å². The van der Waals surface area contributed by atoms with Gasteiger partial charge in [0.25, 0.3) is 0 Å². The summed E-state index contributed by atoms with van der Waals surface area (Å²) in [5.41, 5.74) is 0. The number of hydrogen-bond acceptors (Lipinski definition) is 2. The molecule has 1 rings (SSSR count). The maximum atomic E-state index is 3.80. The van der Waals surface area contributed by atoms with Gasteiger partial charge in [0, 0.05) is 25.7 Å². The minimum atomic E-state index is 0.710. The number of nitrogens with zero attached hydrogens (tertiary/aromatic N) is 1. The first-order valence-electron chi connectivity index (χ1n) is 5.93. The van der Waals surface area contributed by atoms with Crippen LogP contribution in [-0.4, -0.2) is 37.6 Å². The van der Waals surface area contributed by atoms with Gasteiger partial charge in [-0.3, -0.25) is 4.90 Å². The second-order valence-electron chi connectivity index (χ2n) is 4.38. The number of rotatable bonds is 7. The first-order chi connectivity index (χ1) is 7.31. The zero-order valence-corrected chi connectivity index (χ0v) is 9.91.